The highest BCUT2D eigenvalue weighted by molar-refractivity contribution is 7.89. The maximum absolute atomic E-state index is 12.8. The number of amides is 1. The number of benzene rings is 2. The number of methoxy groups -OCH3 is 1. The molecular formula is C25H35N3O5S. The first-order valence-electron chi connectivity index (χ1n) is 11.4. The Hall–Kier alpha value is -2.62. The molecule has 3 rings (SSSR count). The van der Waals surface area contributed by atoms with Gasteiger partial charge in [-0.2, -0.15) is 4.31 Å². The van der Waals surface area contributed by atoms with Gasteiger partial charge in [0, 0.05) is 38.3 Å². The fourth-order valence-corrected chi connectivity index (χ4v) is 5.12. The summed E-state index contributed by atoms with van der Waals surface area (Å²) in [6.45, 7) is 8.80. The number of ether oxygens (including phenoxy) is 2. The summed E-state index contributed by atoms with van der Waals surface area (Å²) < 4.78 is 38.3. The maximum atomic E-state index is 12.8. The second-order valence-corrected chi connectivity index (χ2v) is 11.5. The van der Waals surface area contributed by atoms with E-state index in [0.717, 1.165) is 30.0 Å². The molecule has 2 aromatic rings. The van der Waals surface area contributed by atoms with Crippen LogP contribution in [0.3, 0.4) is 0 Å². The average molecular weight is 490 g/mol. The molecule has 1 aliphatic rings. The van der Waals surface area contributed by atoms with Gasteiger partial charge >= 0.3 is 0 Å². The lowest BCUT2D eigenvalue weighted by atomic mass is 9.86. The molecule has 1 heterocycles. The van der Waals surface area contributed by atoms with Gasteiger partial charge in [-0.3, -0.25) is 4.79 Å². The van der Waals surface area contributed by atoms with E-state index in [0.29, 0.717) is 18.8 Å². The topological polar surface area (TPSA) is 88.2 Å². The summed E-state index contributed by atoms with van der Waals surface area (Å²) in [5.41, 5.74) is 1.59. The smallest absolute Gasteiger partial charge is 0.258 e. The van der Waals surface area contributed by atoms with Crippen LogP contribution in [0, 0.1) is 0 Å². The van der Waals surface area contributed by atoms with Crippen LogP contribution in [-0.4, -0.2) is 70.5 Å². The minimum Gasteiger partial charge on any atom is -0.497 e. The second kappa shape index (κ2) is 10.8. The zero-order valence-corrected chi connectivity index (χ0v) is 21.4. The van der Waals surface area contributed by atoms with E-state index in [1.807, 2.05) is 19.2 Å². The second-order valence-electron chi connectivity index (χ2n) is 9.53. The van der Waals surface area contributed by atoms with Crippen molar-refractivity contribution in [2.45, 2.75) is 37.6 Å². The van der Waals surface area contributed by atoms with Gasteiger partial charge in [-0.1, -0.05) is 32.9 Å². The molecule has 2 aromatic carbocycles. The molecule has 1 saturated heterocycles. The molecule has 1 fully saturated rings. The van der Waals surface area contributed by atoms with Crippen LogP contribution in [0.1, 0.15) is 31.9 Å². The molecule has 1 aliphatic heterocycles. The van der Waals surface area contributed by atoms with E-state index < -0.39 is 10.0 Å². The summed E-state index contributed by atoms with van der Waals surface area (Å²) in [6, 6.07) is 12.2. The fraction of sp³-hybridized carbons (Fsp3) is 0.480. The standard InChI is InChI=1S/C25H35N3O5S/c1-25(2,3)22-16-20(32-5)8-11-23(22)33-18-24(29)26-17-19-6-9-21(10-7-19)34(30,31)28-14-12-27(4)13-15-28/h6-11,16H,12-15,17-18H2,1-5H3,(H,26,29). The van der Waals surface area contributed by atoms with Crippen LogP contribution in [0.5, 0.6) is 11.5 Å². The largest absolute Gasteiger partial charge is 0.497 e. The first-order chi connectivity index (χ1) is 16.0. The predicted molar refractivity (Wildman–Crippen MR) is 132 cm³/mol. The number of hydrogen-bond acceptors (Lipinski definition) is 6. The van der Waals surface area contributed by atoms with E-state index in [2.05, 4.69) is 31.0 Å². The maximum Gasteiger partial charge on any atom is 0.258 e. The number of piperazine rings is 1. The number of nitrogens with one attached hydrogen (secondary N) is 1. The Bertz CT molecular complexity index is 1090. The Kier molecular flexibility index (Phi) is 8.22. The quantitative estimate of drug-likeness (QED) is 0.613. The zero-order chi connectivity index (χ0) is 24.9. The van der Waals surface area contributed by atoms with E-state index in [-0.39, 0.29) is 29.4 Å². The molecule has 186 valence electrons. The molecule has 0 bridgehead atoms. The third kappa shape index (κ3) is 6.49. The van der Waals surface area contributed by atoms with Gasteiger partial charge in [0.15, 0.2) is 6.61 Å². The lowest BCUT2D eigenvalue weighted by molar-refractivity contribution is -0.123. The molecule has 0 aliphatic carbocycles. The van der Waals surface area contributed by atoms with Crippen molar-refractivity contribution in [1.82, 2.24) is 14.5 Å². The molecule has 0 spiro atoms. The number of nitrogens with zero attached hydrogens (tertiary/aromatic N) is 2. The summed E-state index contributed by atoms with van der Waals surface area (Å²) in [5, 5.41) is 2.82. The summed E-state index contributed by atoms with van der Waals surface area (Å²) in [6.07, 6.45) is 0. The van der Waals surface area contributed by atoms with Crippen molar-refractivity contribution >= 4 is 15.9 Å². The summed E-state index contributed by atoms with van der Waals surface area (Å²) in [5.74, 6) is 1.12. The van der Waals surface area contributed by atoms with Crippen molar-refractivity contribution in [3.63, 3.8) is 0 Å². The number of carbonyl (C=O) groups excluding carboxylic acids is 1. The van der Waals surface area contributed by atoms with Crippen LogP contribution in [0.15, 0.2) is 47.4 Å². The van der Waals surface area contributed by atoms with E-state index in [1.165, 1.54) is 4.31 Å². The fourth-order valence-electron chi connectivity index (χ4n) is 3.70. The lowest BCUT2D eigenvalue weighted by Crippen LogP contribution is -2.47. The lowest BCUT2D eigenvalue weighted by Gasteiger charge is -2.31. The highest BCUT2D eigenvalue weighted by atomic mass is 32.2. The van der Waals surface area contributed by atoms with Gasteiger partial charge in [0.05, 0.1) is 12.0 Å². The van der Waals surface area contributed by atoms with Gasteiger partial charge in [-0.05, 0) is 48.4 Å². The van der Waals surface area contributed by atoms with Gasteiger partial charge in [0.1, 0.15) is 11.5 Å². The van der Waals surface area contributed by atoms with E-state index in [1.54, 1.807) is 37.4 Å². The normalized spacial score (nSPS) is 15.7. The summed E-state index contributed by atoms with van der Waals surface area (Å²) in [4.78, 5) is 14.7. The predicted octanol–water partition coefficient (Wildman–Crippen LogP) is 2.62. The Labute approximate surface area is 202 Å². The monoisotopic (exact) mass is 489 g/mol. The van der Waals surface area contributed by atoms with Crippen LogP contribution in [0.4, 0.5) is 0 Å². The third-order valence-corrected chi connectivity index (χ3v) is 7.78. The number of hydrogen-bond donors (Lipinski definition) is 1. The van der Waals surface area contributed by atoms with E-state index in [9.17, 15) is 13.2 Å². The molecule has 0 unspecified atom stereocenters. The van der Waals surface area contributed by atoms with E-state index >= 15 is 0 Å². The van der Waals surface area contributed by atoms with Crippen LogP contribution in [0.2, 0.25) is 0 Å². The van der Waals surface area contributed by atoms with Crippen molar-refractivity contribution < 1.29 is 22.7 Å². The van der Waals surface area contributed by atoms with Gasteiger partial charge < -0.3 is 19.7 Å². The molecule has 1 N–H and O–H groups in total. The van der Waals surface area contributed by atoms with Crippen molar-refractivity contribution in [3.05, 3.63) is 53.6 Å². The molecule has 0 atom stereocenters. The van der Waals surface area contributed by atoms with Crippen molar-refractivity contribution in [3.8, 4) is 11.5 Å². The number of rotatable bonds is 8. The minimum atomic E-state index is -3.50. The van der Waals surface area contributed by atoms with Gasteiger partial charge in [-0.25, -0.2) is 8.42 Å². The van der Waals surface area contributed by atoms with E-state index in [4.69, 9.17) is 9.47 Å². The Morgan fingerprint density at radius 3 is 2.26 bits per heavy atom. The SMILES string of the molecule is COc1ccc(OCC(=O)NCc2ccc(S(=O)(=O)N3CCN(C)CC3)cc2)c(C(C)(C)C)c1. The van der Waals surface area contributed by atoms with Crippen LogP contribution >= 0.6 is 0 Å². The molecule has 34 heavy (non-hydrogen) atoms. The summed E-state index contributed by atoms with van der Waals surface area (Å²) >= 11 is 0. The minimum absolute atomic E-state index is 0.120. The highest BCUT2D eigenvalue weighted by Gasteiger charge is 2.27. The first-order valence-corrected chi connectivity index (χ1v) is 12.8. The molecule has 0 aromatic heterocycles. The molecule has 1 amide bonds. The zero-order valence-electron chi connectivity index (χ0n) is 20.6. The Balaban J connectivity index is 1.55. The molecule has 0 saturated carbocycles. The summed E-state index contributed by atoms with van der Waals surface area (Å²) in [7, 11) is 0.0962. The number of likely N-dealkylation sites (N-methyl/N-ethyl adjacent to an activating group) is 1. The van der Waals surface area contributed by atoms with Crippen molar-refractivity contribution in [2.75, 3.05) is 46.9 Å². The molecule has 8 nitrogen and oxygen atoms in total. The van der Waals surface area contributed by atoms with Crippen molar-refractivity contribution in [1.29, 1.82) is 0 Å². The van der Waals surface area contributed by atoms with Gasteiger partial charge in [-0.15, -0.1) is 0 Å². The highest BCUT2D eigenvalue weighted by Crippen LogP contribution is 2.34. The molecular weight excluding hydrogens is 454 g/mol. The number of carbonyl (C=O) groups is 1. The third-order valence-electron chi connectivity index (χ3n) is 5.87. The van der Waals surface area contributed by atoms with Crippen LogP contribution < -0.4 is 14.8 Å². The number of sulfonamides is 1. The first kappa shape index (κ1) is 26.0. The van der Waals surface area contributed by atoms with Gasteiger partial charge in [0.2, 0.25) is 10.0 Å². The van der Waals surface area contributed by atoms with Crippen molar-refractivity contribution in [2.24, 2.45) is 0 Å². The van der Waals surface area contributed by atoms with Crippen LogP contribution in [-0.2, 0) is 26.8 Å². The average Bonchev–Trinajstić information content (AvgIpc) is 2.81. The molecule has 0 radical (unpaired) electrons. The Morgan fingerprint density at radius 2 is 1.68 bits per heavy atom. The van der Waals surface area contributed by atoms with Gasteiger partial charge in [0.25, 0.3) is 5.91 Å². The Morgan fingerprint density at radius 1 is 1.03 bits per heavy atom. The molecule has 9 heteroatoms. The van der Waals surface area contributed by atoms with Crippen LogP contribution in [0.25, 0.3) is 0 Å².